The van der Waals surface area contributed by atoms with Gasteiger partial charge in [0.1, 0.15) is 23.9 Å². The number of phenolic OH excluding ortho intramolecular Hbond substituents is 2. The molecule has 2 heterocycles. The van der Waals surface area contributed by atoms with Crippen molar-refractivity contribution in [2.75, 3.05) is 32.8 Å². The summed E-state index contributed by atoms with van der Waals surface area (Å²) in [6.45, 7) is 7.80. The molecule has 5 rings (SSSR count). The second-order valence-electron chi connectivity index (χ2n) is 15.6. The van der Waals surface area contributed by atoms with Gasteiger partial charge in [0, 0.05) is 37.2 Å². The number of benzene rings is 3. The van der Waals surface area contributed by atoms with Gasteiger partial charge in [-0.2, -0.15) is 0 Å². The Labute approximate surface area is 359 Å². The Bertz CT molecular complexity index is 2080. The predicted octanol–water partition coefficient (Wildman–Crippen LogP) is 2.63. The van der Waals surface area contributed by atoms with E-state index in [0.717, 1.165) is 30.0 Å². The highest BCUT2D eigenvalue weighted by Crippen LogP contribution is 2.47. The SMILES string of the molecule is CCc1cccc(CCOc2c(O)c(OC)cc(C(=O)O[C@H](O)[C@H]3O[C@@H](Oc4c(OCNC(N)=NC)cc(C(=O)O)c5c4CC[C@@H](CC(C)C)[C@H](C)N5)[C@H](O)[C@@H](O)[C@@H]3O)c2O)c1. The fourth-order valence-electron chi connectivity index (χ4n) is 7.52. The van der Waals surface area contributed by atoms with Crippen molar-refractivity contribution in [1.29, 1.82) is 0 Å². The Hall–Kier alpha value is -5.73. The smallest absolute Gasteiger partial charge is 0.344 e. The van der Waals surface area contributed by atoms with E-state index in [1.165, 1.54) is 20.2 Å². The van der Waals surface area contributed by atoms with Crippen LogP contribution in [0, 0.1) is 11.8 Å². The Morgan fingerprint density at radius 3 is 2.37 bits per heavy atom. The molecule has 0 saturated carbocycles. The number of nitrogens with zero attached hydrogens (tertiary/aromatic N) is 1. The fourth-order valence-corrected chi connectivity index (χ4v) is 7.52. The molecule has 0 spiro atoms. The summed E-state index contributed by atoms with van der Waals surface area (Å²) in [7, 11) is 2.64. The maximum absolute atomic E-state index is 13.5. The number of carboxylic acids is 1. The van der Waals surface area contributed by atoms with Gasteiger partial charge in [0.15, 0.2) is 41.8 Å². The quantitative estimate of drug-likeness (QED) is 0.0404. The number of hydrogen-bond acceptors (Lipinski definition) is 16. The van der Waals surface area contributed by atoms with Crippen molar-refractivity contribution in [2.24, 2.45) is 22.6 Å². The van der Waals surface area contributed by atoms with Crippen LogP contribution in [0.25, 0.3) is 0 Å². The van der Waals surface area contributed by atoms with Gasteiger partial charge in [0.05, 0.1) is 25.0 Å². The number of methoxy groups -OCH3 is 1. The van der Waals surface area contributed by atoms with Crippen LogP contribution in [0.4, 0.5) is 5.69 Å². The van der Waals surface area contributed by atoms with Crippen LogP contribution in [0.5, 0.6) is 34.5 Å². The second kappa shape index (κ2) is 20.9. The molecule has 1 saturated heterocycles. The van der Waals surface area contributed by atoms with Crippen LogP contribution in [0.2, 0.25) is 0 Å². The zero-order valence-corrected chi connectivity index (χ0v) is 35.5. The number of aryl methyl sites for hydroxylation is 1. The van der Waals surface area contributed by atoms with Crippen molar-refractivity contribution in [3.05, 3.63) is 64.2 Å². The molecule has 19 heteroatoms. The van der Waals surface area contributed by atoms with E-state index in [1.807, 2.05) is 38.1 Å². The monoisotopic (exact) mass is 870 g/mol. The molecule has 0 bridgehead atoms. The number of carboxylic acid groups (broad SMARTS) is 1. The molecule has 0 aliphatic carbocycles. The van der Waals surface area contributed by atoms with Gasteiger partial charge >= 0.3 is 11.9 Å². The van der Waals surface area contributed by atoms with Crippen LogP contribution in [-0.2, 0) is 28.7 Å². The second-order valence-corrected chi connectivity index (χ2v) is 15.6. The van der Waals surface area contributed by atoms with Crippen LogP contribution >= 0.6 is 0 Å². The molecule has 19 nitrogen and oxygen atoms in total. The number of aliphatic imine (C=N–C) groups is 1. The maximum atomic E-state index is 13.5. The van der Waals surface area contributed by atoms with Gasteiger partial charge in [0.25, 0.3) is 0 Å². The summed E-state index contributed by atoms with van der Waals surface area (Å²) in [5, 5.41) is 82.7. The highest BCUT2D eigenvalue weighted by Gasteiger charge is 2.49. The number of rotatable bonds is 17. The Morgan fingerprint density at radius 1 is 1.00 bits per heavy atom. The standard InChI is InChI=1S/C43H58N4O15/c1-7-22-9-8-10-23(16-22)13-14-58-37-31(48)27(18-28(57-6)32(37)49)40(55)62-41(56)38-34(51)33(50)35(52)42(61-38)60-36-25-12-11-24(15-20(2)3)21(4)47-30(25)26(39(53)54)17-29(36)59-19-46-43(44)45-5/h8-10,16-18,20-21,24,33-35,38,41-42,47-52,56H,7,11-15,19H2,1-6H3,(H,53,54)(H3,44,45,46)/t21-,24-,33-,34-,35+,38-,41-,42+/m0/s1. The molecule has 340 valence electrons. The highest BCUT2D eigenvalue weighted by atomic mass is 16.7. The number of nitrogens with one attached hydrogen (secondary N) is 2. The number of aromatic carboxylic acids is 1. The average Bonchev–Trinajstić information content (AvgIpc) is 3.39. The van der Waals surface area contributed by atoms with Crippen LogP contribution in [0.15, 0.2) is 41.4 Å². The van der Waals surface area contributed by atoms with E-state index in [2.05, 4.69) is 29.5 Å². The minimum atomic E-state index is -2.37. The molecule has 0 aromatic heterocycles. The largest absolute Gasteiger partial charge is 0.504 e. The van der Waals surface area contributed by atoms with E-state index in [9.17, 15) is 45.3 Å². The third kappa shape index (κ3) is 10.8. The van der Waals surface area contributed by atoms with Gasteiger partial charge in [0.2, 0.25) is 24.1 Å². The molecule has 2 aliphatic heterocycles. The van der Waals surface area contributed by atoms with Gasteiger partial charge in [-0.05, 0) is 55.6 Å². The van der Waals surface area contributed by atoms with Crippen molar-refractivity contribution >= 4 is 23.6 Å². The third-order valence-corrected chi connectivity index (χ3v) is 10.9. The summed E-state index contributed by atoms with van der Waals surface area (Å²) in [5.74, 6) is -4.63. The minimum Gasteiger partial charge on any atom is -0.504 e. The molecular weight excluding hydrogens is 812 g/mol. The first-order chi connectivity index (χ1) is 29.5. The van der Waals surface area contributed by atoms with Crippen molar-refractivity contribution in [3.8, 4) is 34.5 Å². The number of aliphatic hydroxyl groups is 4. The van der Waals surface area contributed by atoms with Crippen molar-refractivity contribution in [1.82, 2.24) is 5.32 Å². The molecule has 0 unspecified atom stereocenters. The number of carbonyl (C=O) groups is 2. The number of esters is 1. The molecule has 3 aromatic carbocycles. The molecule has 8 atom stereocenters. The fraction of sp³-hybridized carbons (Fsp3) is 0.512. The summed E-state index contributed by atoms with van der Waals surface area (Å²) in [6.07, 6.45) is -9.45. The zero-order chi connectivity index (χ0) is 45.4. The summed E-state index contributed by atoms with van der Waals surface area (Å²) in [5.41, 5.74) is 7.64. The first-order valence-electron chi connectivity index (χ1n) is 20.4. The number of phenols is 2. The maximum Gasteiger partial charge on any atom is 0.344 e. The van der Waals surface area contributed by atoms with Gasteiger partial charge in [-0.3, -0.25) is 4.99 Å². The summed E-state index contributed by atoms with van der Waals surface area (Å²) >= 11 is 0. The topological polar surface area (TPSA) is 294 Å². The van der Waals surface area contributed by atoms with E-state index < -0.39 is 71.7 Å². The first-order valence-corrected chi connectivity index (χ1v) is 20.4. The first kappa shape index (κ1) is 47.3. The average molecular weight is 871 g/mol. The number of fused-ring (bicyclic) bond motifs is 1. The van der Waals surface area contributed by atoms with Crippen molar-refractivity contribution in [2.45, 2.75) is 103 Å². The van der Waals surface area contributed by atoms with E-state index in [0.29, 0.717) is 24.3 Å². The molecule has 1 fully saturated rings. The number of ether oxygens (including phenoxy) is 6. The lowest BCUT2D eigenvalue weighted by atomic mass is 9.87. The van der Waals surface area contributed by atoms with E-state index in [4.69, 9.17) is 34.2 Å². The lowest BCUT2D eigenvalue weighted by Crippen LogP contribution is -2.62. The van der Waals surface area contributed by atoms with Crippen LogP contribution in [0.1, 0.15) is 77.9 Å². The summed E-state index contributed by atoms with van der Waals surface area (Å²) in [6, 6.07) is 9.75. The van der Waals surface area contributed by atoms with E-state index in [1.54, 1.807) is 0 Å². The lowest BCUT2D eigenvalue weighted by Gasteiger charge is -2.41. The molecule has 62 heavy (non-hydrogen) atoms. The zero-order valence-electron chi connectivity index (χ0n) is 35.5. The molecular formula is C43H58N4O15. The molecule has 11 N–H and O–H groups in total. The predicted molar refractivity (Wildman–Crippen MR) is 224 cm³/mol. The molecule has 3 aromatic rings. The Morgan fingerprint density at radius 2 is 1.71 bits per heavy atom. The van der Waals surface area contributed by atoms with Gasteiger partial charge in [-0.15, -0.1) is 0 Å². The third-order valence-electron chi connectivity index (χ3n) is 10.9. The van der Waals surface area contributed by atoms with E-state index >= 15 is 0 Å². The number of carbonyl (C=O) groups excluding carboxylic acids is 1. The summed E-state index contributed by atoms with van der Waals surface area (Å²) < 4.78 is 34.1. The molecule has 0 amide bonds. The van der Waals surface area contributed by atoms with Crippen LogP contribution < -0.4 is 35.3 Å². The number of nitrogens with two attached hydrogens (primary N) is 1. The van der Waals surface area contributed by atoms with Crippen LogP contribution in [0.3, 0.4) is 0 Å². The minimum absolute atomic E-state index is 0.0126. The molecule has 2 aliphatic rings. The van der Waals surface area contributed by atoms with Crippen LogP contribution in [-0.4, -0.2) is 124 Å². The molecule has 0 radical (unpaired) electrons. The highest BCUT2D eigenvalue weighted by molar-refractivity contribution is 5.97. The number of anilines is 1. The number of aromatic hydroxyl groups is 2. The van der Waals surface area contributed by atoms with Crippen molar-refractivity contribution < 1.29 is 73.8 Å². The normalized spacial score (nSPS) is 23.0. The van der Waals surface area contributed by atoms with E-state index in [-0.39, 0.29) is 66.2 Å². The lowest BCUT2D eigenvalue weighted by molar-refractivity contribution is -0.309. The Balaban J connectivity index is 1.42. The van der Waals surface area contributed by atoms with Gasteiger partial charge < -0.3 is 80.5 Å². The van der Waals surface area contributed by atoms with Crippen molar-refractivity contribution in [3.63, 3.8) is 0 Å². The number of guanidine groups is 1. The van der Waals surface area contributed by atoms with Gasteiger partial charge in [-0.1, -0.05) is 45.0 Å². The summed E-state index contributed by atoms with van der Waals surface area (Å²) in [4.78, 5) is 30.0. The Kier molecular flexibility index (Phi) is 15.9. The number of hydrogen-bond donors (Lipinski definition) is 10. The number of aliphatic hydroxyl groups excluding tert-OH is 4. The van der Waals surface area contributed by atoms with Gasteiger partial charge in [-0.25, -0.2) is 9.59 Å².